The molecular formula is C68H135N2O7P. The molecule has 0 rings (SSSR count). The lowest BCUT2D eigenvalue weighted by molar-refractivity contribution is -0.870. The van der Waals surface area contributed by atoms with Gasteiger partial charge in [0.25, 0.3) is 7.82 Å². The van der Waals surface area contributed by atoms with Gasteiger partial charge in [-0.25, -0.2) is 0 Å². The largest absolute Gasteiger partial charge is 0.756 e. The molecule has 0 aromatic carbocycles. The van der Waals surface area contributed by atoms with E-state index in [1.165, 1.54) is 270 Å². The van der Waals surface area contributed by atoms with E-state index in [4.69, 9.17) is 13.8 Å². The predicted molar refractivity (Wildman–Crippen MR) is 335 cm³/mol. The molecule has 0 radical (unpaired) electrons. The number of hydrogen-bond acceptors (Lipinski definition) is 7. The van der Waals surface area contributed by atoms with Crippen LogP contribution in [0.2, 0.25) is 0 Å². The van der Waals surface area contributed by atoms with Crippen LogP contribution in [-0.2, 0) is 27.9 Å². The Morgan fingerprint density at radius 3 is 1.05 bits per heavy atom. The second-order valence-corrected chi connectivity index (χ2v) is 26.5. The molecule has 1 N–H and O–H groups in total. The van der Waals surface area contributed by atoms with E-state index in [1.54, 1.807) is 0 Å². The number of rotatable bonds is 64. The highest BCUT2D eigenvalue weighted by atomic mass is 31.2. The maximum Gasteiger partial charge on any atom is 0.306 e. The molecular weight excluding hydrogens is 988 g/mol. The minimum Gasteiger partial charge on any atom is -0.756 e. The molecule has 0 bridgehead atoms. The van der Waals surface area contributed by atoms with Gasteiger partial charge in [-0.3, -0.25) is 14.2 Å². The summed E-state index contributed by atoms with van der Waals surface area (Å²) in [4.78, 5) is 40.1. The van der Waals surface area contributed by atoms with Crippen molar-refractivity contribution in [3.8, 4) is 0 Å². The van der Waals surface area contributed by atoms with Gasteiger partial charge in [0.1, 0.15) is 19.3 Å². The van der Waals surface area contributed by atoms with Crippen LogP contribution >= 0.6 is 7.82 Å². The molecule has 3 atom stereocenters. The Kier molecular flexibility index (Phi) is 58.0. The van der Waals surface area contributed by atoms with Gasteiger partial charge < -0.3 is 28.5 Å². The third kappa shape index (κ3) is 59.4. The number of phosphoric ester groups is 1. The number of carbonyl (C=O) groups excluding carboxylic acids is 2. The van der Waals surface area contributed by atoms with E-state index >= 15 is 0 Å². The molecule has 78 heavy (non-hydrogen) atoms. The van der Waals surface area contributed by atoms with Crippen LogP contribution in [0.3, 0.4) is 0 Å². The summed E-state index contributed by atoms with van der Waals surface area (Å²) in [6, 6.07) is -0.880. The summed E-state index contributed by atoms with van der Waals surface area (Å²) in [7, 11) is 1.21. The van der Waals surface area contributed by atoms with E-state index in [-0.39, 0.29) is 31.5 Å². The van der Waals surface area contributed by atoms with Crippen molar-refractivity contribution in [2.45, 2.75) is 373 Å². The lowest BCUT2D eigenvalue weighted by atomic mass is 10.0. The average molecular weight is 1120 g/mol. The normalized spacial score (nSPS) is 13.6. The van der Waals surface area contributed by atoms with Crippen molar-refractivity contribution in [2.75, 3.05) is 40.9 Å². The predicted octanol–water partition coefficient (Wildman–Crippen LogP) is 20.9. The zero-order chi connectivity index (χ0) is 57.2. The molecule has 0 aromatic rings. The van der Waals surface area contributed by atoms with Gasteiger partial charge in [-0.1, -0.05) is 329 Å². The van der Waals surface area contributed by atoms with Crippen LogP contribution in [0.25, 0.3) is 0 Å². The Morgan fingerprint density at radius 2 is 0.731 bits per heavy atom. The van der Waals surface area contributed by atoms with Crippen molar-refractivity contribution in [1.29, 1.82) is 0 Å². The first-order chi connectivity index (χ1) is 37.9. The summed E-state index contributed by atoms with van der Waals surface area (Å²) in [6.45, 7) is 6.92. The van der Waals surface area contributed by atoms with Crippen LogP contribution < -0.4 is 10.2 Å². The molecule has 10 heteroatoms. The summed E-state index contributed by atoms with van der Waals surface area (Å²) >= 11 is 0. The van der Waals surface area contributed by atoms with Gasteiger partial charge >= 0.3 is 5.97 Å². The number of amides is 1. The van der Waals surface area contributed by atoms with Crippen LogP contribution in [0.15, 0.2) is 12.2 Å². The van der Waals surface area contributed by atoms with Crippen molar-refractivity contribution in [1.82, 2.24) is 5.32 Å². The molecule has 0 saturated heterocycles. The molecule has 1 amide bonds. The molecule has 0 aliphatic carbocycles. The minimum absolute atomic E-state index is 0.0165. The van der Waals surface area contributed by atoms with Crippen LogP contribution in [0, 0.1) is 0 Å². The van der Waals surface area contributed by atoms with Crippen LogP contribution in [0.1, 0.15) is 361 Å². The number of phosphoric acid groups is 1. The van der Waals surface area contributed by atoms with Gasteiger partial charge in [-0.05, 0) is 31.8 Å². The van der Waals surface area contributed by atoms with E-state index < -0.39 is 20.0 Å². The smallest absolute Gasteiger partial charge is 0.306 e. The van der Waals surface area contributed by atoms with Crippen molar-refractivity contribution < 1.29 is 37.3 Å². The molecule has 0 spiro atoms. The summed E-state index contributed by atoms with van der Waals surface area (Å²) < 4.78 is 30.4. The number of hydrogen-bond donors (Lipinski definition) is 1. The lowest BCUT2D eigenvalue weighted by Gasteiger charge is -2.30. The minimum atomic E-state index is -4.69. The van der Waals surface area contributed by atoms with Gasteiger partial charge in [0, 0.05) is 12.8 Å². The highest BCUT2D eigenvalue weighted by molar-refractivity contribution is 7.45. The van der Waals surface area contributed by atoms with Crippen molar-refractivity contribution in [3.05, 3.63) is 12.2 Å². The average Bonchev–Trinajstić information content (AvgIpc) is 3.40. The van der Waals surface area contributed by atoms with E-state index in [0.717, 1.165) is 57.8 Å². The number of esters is 1. The Bertz CT molecular complexity index is 1340. The fourth-order valence-corrected chi connectivity index (χ4v) is 11.4. The molecule has 0 heterocycles. The van der Waals surface area contributed by atoms with E-state index in [1.807, 2.05) is 33.3 Å². The summed E-state index contributed by atoms with van der Waals surface area (Å²) in [5.41, 5.74) is 0. The van der Waals surface area contributed by atoms with Gasteiger partial charge in [0.05, 0.1) is 33.8 Å². The molecule has 3 unspecified atom stereocenters. The monoisotopic (exact) mass is 1120 g/mol. The highest BCUT2D eigenvalue weighted by Crippen LogP contribution is 2.38. The summed E-state index contributed by atoms with van der Waals surface area (Å²) in [5, 5.41) is 3.05. The fraction of sp³-hybridized carbons (Fsp3) is 0.941. The summed E-state index contributed by atoms with van der Waals surface area (Å²) in [5.74, 6) is -0.515. The van der Waals surface area contributed by atoms with Gasteiger partial charge in [-0.15, -0.1) is 0 Å². The van der Waals surface area contributed by atoms with Crippen molar-refractivity contribution >= 4 is 19.7 Å². The Morgan fingerprint density at radius 1 is 0.436 bits per heavy atom. The SMILES string of the molecule is CCCCCCCCCCCC/C=C/C(OC(=O)CCCCCCCCCCCCCCCCCCC)C(COP(=O)([O-])OCC[N+](C)(C)C)NC(=O)CCCCCCCCCCCCCCCCCCCCCCCCC. The third-order valence-electron chi connectivity index (χ3n) is 16.0. The maximum atomic E-state index is 13.6. The standard InChI is InChI=1S/C68H135N2O7P/c1-7-10-13-16-19-22-25-28-30-32-33-34-35-36-37-39-40-42-45-48-51-54-57-60-67(71)69-65(64-76-78(73,74)75-63-62-70(4,5)6)66(59-56-53-50-47-44-27-24-21-18-15-12-9-3)77-68(72)61-58-55-52-49-46-43-41-38-31-29-26-23-20-17-14-11-8-2/h56,59,65-66H,7-55,57-58,60-64H2,1-6H3,(H-,69,71,73,74)/b59-56+. The van der Waals surface area contributed by atoms with Crippen LogP contribution in [0.5, 0.6) is 0 Å². The highest BCUT2D eigenvalue weighted by Gasteiger charge is 2.27. The zero-order valence-corrected chi connectivity index (χ0v) is 54.1. The molecule has 464 valence electrons. The van der Waals surface area contributed by atoms with Crippen molar-refractivity contribution in [2.24, 2.45) is 0 Å². The van der Waals surface area contributed by atoms with E-state index in [9.17, 15) is 19.0 Å². The number of nitrogens with zero attached hydrogens (tertiary/aromatic N) is 1. The third-order valence-corrected chi connectivity index (χ3v) is 16.9. The van der Waals surface area contributed by atoms with E-state index in [0.29, 0.717) is 17.4 Å². The van der Waals surface area contributed by atoms with E-state index in [2.05, 4.69) is 26.1 Å². The quantitative estimate of drug-likeness (QED) is 0.0212. The maximum absolute atomic E-state index is 13.6. The molecule has 0 fully saturated rings. The second kappa shape index (κ2) is 58.9. The first-order valence-electron chi connectivity index (χ1n) is 34.5. The molecule has 0 aliphatic heterocycles. The van der Waals surface area contributed by atoms with Crippen LogP contribution in [0.4, 0.5) is 0 Å². The second-order valence-electron chi connectivity index (χ2n) is 25.1. The fourth-order valence-electron chi connectivity index (χ4n) is 10.6. The lowest BCUT2D eigenvalue weighted by Crippen LogP contribution is -2.47. The Balaban J connectivity index is 5.05. The number of nitrogens with one attached hydrogen (secondary N) is 1. The Labute approximate surface area is 486 Å². The first-order valence-corrected chi connectivity index (χ1v) is 36.0. The van der Waals surface area contributed by atoms with Crippen molar-refractivity contribution in [3.63, 3.8) is 0 Å². The molecule has 0 aliphatic rings. The number of unbranched alkanes of at least 4 members (excludes halogenated alkanes) is 48. The number of ether oxygens (including phenoxy) is 1. The van der Waals surface area contributed by atoms with Gasteiger partial charge in [0.2, 0.25) is 5.91 Å². The summed E-state index contributed by atoms with van der Waals surface area (Å²) in [6.07, 6.45) is 69.0. The molecule has 0 aromatic heterocycles. The number of allylic oxidation sites excluding steroid dienone is 1. The van der Waals surface area contributed by atoms with Crippen LogP contribution in [-0.4, -0.2) is 69.4 Å². The zero-order valence-electron chi connectivity index (χ0n) is 53.2. The topological polar surface area (TPSA) is 114 Å². The Hall–Kier alpha value is -1.25. The number of likely N-dealkylation sites (N-methyl/N-ethyl adjacent to an activating group) is 1. The first kappa shape index (κ1) is 76.8. The number of quaternary nitrogens is 1. The van der Waals surface area contributed by atoms with Gasteiger partial charge in [-0.2, -0.15) is 0 Å². The molecule has 0 saturated carbocycles. The van der Waals surface area contributed by atoms with Gasteiger partial charge in [0.15, 0.2) is 0 Å². The molecule has 9 nitrogen and oxygen atoms in total. The number of carbonyl (C=O) groups is 2.